The summed E-state index contributed by atoms with van der Waals surface area (Å²) in [6.45, 7) is 1.82. The zero-order valence-corrected chi connectivity index (χ0v) is 18.7. The van der Waals surface area contributed by atoms with E-state index in [1.165, 1.54) is 17.4 Å². The van der Waals surface area contributed by atoms with E-state index in [4.69, 9.17) is 5.73 Å². The number of amides is 1. The van der Waals surface area contributed by atoms with Crippen LogP contribution in [-0.4, -0.2) is 18.1 Å². The molecule has 174 valence electrons. The Balaban J connectivity index is 1.94. The average Bonchev–Trinajstić information content (AvgIpc) is 3.02. The number of ether oxygens (including phenoxy) is 1. The molecule has 3 aromatic rings. The van der Waals surface area contributed by atoms with E-state index in [0.717, 1.165) is 16.5 Å². The number of rotatable bonds is 6. The summed E-state index contributed by atoms with van der Waals surface area (Å²) >= 11 is 1.33. The number of anilines is 1. The monoisotopic (exact) mass is 484 g/mol. The van der Waals surface area contributed by atoms with Gasteiger partial charge in [-0.2, -0.15) is 0 Å². The van der Waals surface area contributed by atoms with Gasteiger partial charge in [0.1, 0.15) is 5.75 Å². The quantitative estimate of drug-likeness (QED) is 0.432. The smallest absolute Gasteiger partial charge is 0.405 e. The fourth-order valence-corrected chi connectivity index (χ4v) is 4.67. The number of allylic oxidation sites excluding steroid dienone is 2. The SMILES string of the molecule is Cc1ccsc1Cc1c(C(=O)c2cccc3c2C=CC=CN3)ccc(C(N)=O)c1OC(F)(F)F. The summed E-state index contributed by atoms with van der Waals surface area (Å²) in [7, 11) is 0. The summed E-state index contributed by atoms with van der Waals surface area (Å²) in [5.74, 6) is -2.34. The maximum absolute atomic E-state index is 13.7. The van der Waals surface area contributed by atoms with E-state index < -0.39 is 29.4 Å². The number of nitrogens with two attached hydrogens (primary N) is 1. The molecule has 0 saturated carbocycles. The Morgan fingerprint density at radius 1 is 1.06 bits per heavy atom. The molecule has 0 unspecified atom stereocenters. The zero-order valence-electron chi connectivity index (χ0n) is 17.9. The van der Waals surface area contributed by atoms with Crippen molar-refractivity contribution in [2.75, 3.05) is 5.32 Å². The van der Waals surface area contributed by atoms with Crippen LogP contribution < -0.4 is 15.8 Å². The number of carbonyl (C=O) groups excluding carboxylic acids is 2. The number of aryl methyl sites for hydroxylation is 1. The Hall–Kier alpha value is -3.85. The third kappa shape index (κ3) is 4.74. The minimum atomic E-state index is -5.09. The van der Waals surface area contributed by atoms with Crippen LogP contribution in [0.5, 0.6) is 5.75 Å². The van der Waals surface area contributed by atoms with Gasteiger partial charge in [0, 0.05) is 45.4 Å². The Labute approximate surface area is 197 Å². The molecule has 34 heavy (non-hydrogen) atoms. The second kappa shape index (κ2) is 9.18. The normalized spacial score (nSPS) is 12.6. The van der Waals surface area contributed by atoms with Crippen molar-refractivity contribution in [2.24, 2.45) is 5.73 Å². The van der Waals surface area contributed by atoms with E-state index in [-0.39, 0.29) is 17.5 Å². The van der Waals surface area contributed by atoms with Gasteiger partial charge in [-0.25, -0.2) is 0 Å². The number of fused-ring (bicyclic) bond motifs is 1. The zero-order chi connectivity index (χ0) is 24.5. The third-order valence-corrected chi connectivity index (χ3v) is 6.38. The lowest BCUT2D eigenvalue weighted by molar-refractivity contribution is -0.275. The molecular weight excluding hydrogens is 465 g/mol. The van der Waals surface area contributed by atoms with Crippen molar-refractivity contribution in [2.45, 2.75) is 19.7 Å². The van der Waals surface area contributed by atoms with Crippen LogP contribution in [0.4, 0.5) is 18.9 Å². The van der Waals surface area contributed by atoms with E-state index >= 15 is 0 Å². The van der Waals surface area contributed by atoms with Crippen LogP contribution in [-0.2, 0) is 6.42 Å². The van der Waals surface area contributed by atoms with Crippen molar-refractivity contribution in [1.29, 1.82) is 0 Å². The fourth-order valence-electron chi connectivity index (χ4n) is 3.75. The van der Waals surface area contributed by atoms with Crippen LogP contribution in [0.2, 0.25) is 0 Å². The van der Waals surface area contributed by atoms with Crippen molar-refractivity contribution in [3.8, 4) is 5.75 Å². The van der Waals surface area contributed by atoms with Crippen molar-refractivity contribution < 1.29 is 27.5 Å². The maximum Gasteiger partial charge on any atom is 0.573 e. The Kier molecular flexibility index (Phi) is 6.30. The Morgan fingerprint density at radius 2 is 1.82 bits per heavy atom. The van der Waals surface area contributed by atoms with Crippen molar-refractivity contribution in [1.82, 2.24) is 0 Å². The molecule has 0 radical (unpaired) electrons. The first-order valence-corrected chi connectivity index (χ1v) is 11.1. The van der Waals surface area contributed by atoms with Gasteiger partial charge in [-0.05, 0) is 48.2 Å². The Morgan fingerprint density at radius 3 is 2.50 bits per heavy atom. The minimum absolute atomic E-state index is 0.00365. The number of primary amides is 1. The number of alkyl halides is 3. The number of carbonyl (C=O) groups is 2. The lowest BCUT2D eigenvalue weighted by Crippen LogP contribution is -2.23. The molecule has 5 nitrogen and oxygen atoms in total. The summed E-state index contributed by atoms with van der Waals surface area (Å²) < 4.78 is 44.4. The van der Waals surface area contributed by atoms with Crippen LogP contribution >= 0.6 is 11.3 Å². The molecule has 3 N–H and O–H groups in total. The fraction of sp³-hybridized carbons (Fsp3) is 0.120. The van der Waals surface area contributed by atoms with Crippen LogP contribution in [0, 0.1) is 6.92 Å². The molecule has 1 aromatic heterocycles. The van der Waals surface area contributed by atoms with Crippen molar-refractivity contribution >= 4 is 34.8 Å². The van der Waals surface area contributed by atoms with E-state index in [0.29, 0.717) is 16.8 Å². The maximum atomic E-state index is 13.7. The summed E-state index contributed by atoms with van der Waals surface area (Å²) in [5, 5.41) is 4.87. The molecule has 0 spiro atoms. The largest absolute Gasteiger partial charge is 0.573 e. The molecule has 0 bridgehead atoms. The molecule has 0 saturated heterocycles. The molecule has 1 aliphatic heterocycles. The standard InChI is InChI=1S/C25H19F3N2O3S/c1-14-10-12-34-21(14)13-19-17(8-9-18(24(29)32)23(19)33-25(26,27)28)22(31)16-6-4-7-20-15(16)5-2-3-11-30-20/h2-12,30H,13H2,1H3,(H2,29,32). The number of benzene rings is 2. The number of nitrogens with one attached hydrogen (secondary N) is 1. The lowest BCUT2D eigenvalue weighted by atomic mass is 9.90. The van der Waals surface area contributed by atoms with Crippen molar-refractivity contribution in [3.05, 3.63) is 98.4 Å². The highest BCUT2D eigenvalue weighted by Crippen LogP contribution is 2.37. The van der Waals surface area contributed by atoms with Crippen LogP contribution in [0.25, 0.3) is 6.08 Å². The molecule has 0 atom stereocenters. The molecule has 9 heteroatoms. The third-order valence-electron chi connectivity index (χ3n) is 5.35. The predicted octanol–water partition coefficient (Wildman–Crippen LogP) is 5.83. The van der Waals surface area contributed by atoms with Gasteiger partial charge in [-0.15, -0.1) is 24.5 Å². The van der Waals surface area contributed by atoms with Crippen LogP contribution in [0.3, 0.4) is 0 Å². The molecule has 4 rings (SSSR count). The van der Waals surface area contributed by atoms with Crippen molar-refractivity contribution in [3.63, 3.8) is 0 Å². The van der Waals surface area contributed by atoms with Gasteiger partial charge in [0.05, 0.1) is 5.56 Å². The van der Waals surface area contributed by atoms with E-state index in [2.05, 4.69) is 10.1 Å². The number of hydrogen-bond acceptors (Lipinski definition) is 5. The molecule has 2 aromatic carbocycles. The van der Waals surface area contributed by atoms with Gasteiger partial charge in [-0.3, -0.25) is 9.59 Å². The lowest BCUT2D eigenvalue weighted by Gasteiger charge is -2.19. The van der Waals surface area contributed by atoms with Gasteiger partial charge in [0.15, 0.2) is 5.78 Å². The van der Waals surface area contributed by atoms with Gasteiger partial charge in [0.2, 0.25) is 0 Å². The van der Waals surface area contributed by atoms with Gasteiger partial charge in [-0.1, -0.05) is 24.3 Å². The van der Waals surface area contributed by atoms with Gasteiger partial charge < -0.3 is 15.8 Å². The number of halogens is 3. The molecule has 1 aliphatic rings. The highest BCUT2D eigenvalue weighted by Gasteiger charge is 2.36. The first-order chi connectivity index (χ1) is 16.2. The summed E-state index contributed by atoms with van der Waals surface area (Å²) in [5.41, 5.74) is 7.26. The molecule has 0 aliphatic carbocycles. The number of hydrogen-bond donors (Lipinski definition) is 2. The predicted molar refractivity (Wildman–Crippen MR) is 125 cm³/mol. The Bertz CT molecular complexity index is 1340. The highest BCUT2D eigenvalue weighted by molar-refractivity contribution is 7.10. The van der Waals surface area contributed by atoms with E-state index in [9.17, 15) is 22.8 Å². The summed E-state index contributed by atoms with van der Waals surface area (Å²) in [6.07, 6.45) is 1.83. The molecule has 2 heterocycles. The summed E-state index contributed by atoms with van der Waals surface area (Å²) in [6, 6.07) is 9.32. The van der Waals surface area contributed by atoms with E-state index in [1.54, 1.807) is 48.0 Å². The second-order valence-corrected chi connectivity index (χ2v) is 8.54. The first kappa shape index (κ1) is 23.3. The summed E-state index contributed by atoms with van der Waals surface area (Å²) in [4.78, 5) is 26.4. The van der Waals surface area contributed by atoms with Crippen LogP contribution in [0.15, 0.2) is 60.1 Å². The first-order valence-electron chi connectivity index (χ1n) is 10.2. The number of thiophene rings is 1. The average molecular weight is 484 g/mol. The number of ketones is 1. The van der Waals surface area contributed by atoms with E-state index in [1.807, 2.05) is 13.0 Å². The minimum Gasteiger partial charge on any atom is -0.405 e. The van der Waals surface area contributed by atoms with Gasteiger partial charge >= 0.3 is 6.36 Å². The molecular formula is C25H19F3N2O3S. The topological polar surface area (TPSA) is 81.4 Å². The molecule has 0 fully saturated rings. The second-order valence-electron chi connectivity index (χ2n) is 7.54. The highest BCUT2D eigenvalue weighted by atomic mass is 32.1. The van der Waals surface area contributed by atoms with Gasteiger partial charge in [0.25, 0.3) is 5.91 Å². The van der Waals surface area contributed by atoms with Crippen LogP contribution in [0.1, 0.15) is 47.8 Å². The molecule has 1 amide bonds.